The predicted octanol–water partition coefficient (Wildman–Crippen LogP) is 4.19. The molecule has 0 aliphatic rings. The second-order valence-electron chi connectivity index (χ2n) is 4.98. The molecule has 2 heterocycles. The van der Waals surface area contributed by atoms with Crippen molar-refractivity contribution in [2.45, 2.75) is 12.8 Å². The molecule has 0 saturated carbocycles. The van der Waals surface area contributed by atoms with Crippen LogP contribution in [0.1, 0.15) is 12.0 Å². The molecule has 22 heavy (non-hydrogen) atoms. The molecule has 5 heteroatoms. The van der Waals surface area contributed by atoms with E-state index in [0.717, 1.165) is 29.9 Å². The fourth-order valence-electron chi connectivity index (χ4n) is 2.38. The molecule has 2 aromatic heterocycles. The third-order valence-corrected chi connectivity index (χ3v) is 4.17. The van der Waals surface area contributed by atoms with Crippen molar-refractivity contribution in [2.24, 2.45) is 0 Å². The highest BCUT2D eigenvalue weighted by Crippen LogP contribution is 2.32. The van der Waals surface area contributed by atoms with Gasteiger partial charge in [0.2, 0.25) is 5.89 Å². The number of benzene rings is 1. The van der Waals surface area contributed by atoms with Crippen LogP contribution in [0.15, 0.2) is 40.9 Å². The standard InChI is InChI=1S/C17H18N2O2S/c1-20-14-8-7-12(5-4-10-22-2)11-13(14)17-19-16-15(21-17)6-3-9-18-16/h3,6-9,11H,4-5,10H2,1-2H3. The summed E-state index contributed by atoms with van der Waals surface area (Å²) in [6, 6.07) is 9.89. The van der Waals surface area contributed by atoms with E-state index in [1.807, 2.05) is 30.0 Å². The number of rotatable bonds is 6. The molecular formula is C17H18N2O2S. The third-order valence-electron chi connectivity index (χ3n) is 3.47. The van der Waals surface area contributed by atoms with Gasteiger partial charge in [-0.2, -0.15) is 16.7 Å². The van der Waals surface area contributed by atoms with Crippen LogP contribution in [0.3, 0.4) is 0 Å². The van der Waals surface area contributed by atoms with Crippen molar-refractivity contribution in [3.8, 4) is 17.2 Å². The van der Waals surface area contributed by atoms with E-state index in [9.17, 15) is 0 Å². The number of oxazole rings is 1. The number of hydrogen-bond donors (Lipinski definition) is 0. The Kier molecular flexibility index (Phi) is 4.63. The van der Waals surface area contributed by atoms with Crippen molar-refractivity contribution < 1.29 is 9.15 Å². The summed E-state index contributed by atoms with van der Waals surface area (Å²) < 4.78 is 11.3. The Hall–Kier alpha value is -2.01. The second-order valence-corrected chi connectivity index (χ2v) is 5.96. The zero-order valence-electron chi connectivity index (χ0n) is 12.7. The van der Waals surface area contributed by atoms with Gasteiger partial charge >= 0.3 is 0 Å². The predicted molar refractivity (Wildman–Crippen MR) is 90.5 cm³/mol. The summed E-state index contributed by atoms with van der Waals surface area (Å²) in [4.78, 5) is 8.68. The van der Waals surface area contributed by atoms with Crippen LogP contribution in [0, 0.1) is 0 Å². The molecule has 0 aliphatic heterocycles. The molecule has 0 saturated heterocycles. The van der Waals surface area contributed by atoms with Gasteiger partial charge in [0.1, 0.15) is 5.75 Å². The second kappa shape index (κ2) is 6.83. The number of hydrogen-bond acceptors (Lipinski definition) is 5. The van der Waals surface area contributed by atoms with Crippen LogP contribution < -0.4 is 4.74 Å². The number of fused-ring (bicyclic) bond motifs is 1. The first-order chi connectivity index (χ1) is 10.8. The molecule has 3 rings (SSSR count). The molecule has 0 fully saturated rings. The van der Waals surface area contributed by atoms with E-state index in [0.29, 0.717) is 17.1 Å². The van der Waals surface area contributed by atoms with Crippen molar-refractivity contribution in [3.05, 3.63) is 42.1 Å². The number of thioether (sulfide) groups is 1. The van der Waals surface area contributed by atoms with Gasteiger partial charge in [-0.05, 0) is 54.7 Å². The number of nitrogens with zero attached hydrogens (tertiary/aromatic N) is 2. The summed E-state index contributed by atoms with van der Waals surface area (Å²) in [5.41, 5.74) is 3.45. The van der Waals surface area contributed by atoms with Crippen molar-refractivity contribution in [1.82, 2.24) is 9.97 Å². The van der Waals surface area contributed by atoms with E-state index in [1.165, 1.54) is 5.56 Å². The van der Waals surface area contributed by atoms with Crippen molar-refractivity contribution in [3.63, 3.8) is 0 Å². The third kappa shape index (κ3) is 3.09. The van der Waals surface area contributed by atoms with Crippen LogP contribution in [0.5, 0.6) is 5.75 Å². The van der Waals surface area contributed by atoms with Crippen LogP contribution in [0.2, 0.25) is 0 Å². The molecule has 1 aromatic carbocycles. The summed E-state index contributed by atoms with van der Waals surface area (Å²) in [5, 5.41) is 0. The lowest BCUT2D eigenvalue weighted by molar-refractivity contribution is 0.414. The van der Waals surface area contributed by atoms with Gasteiger partial charge in [0, 0.05) is 6.20 Å². The van der Waals surface area contributed by atoms with Crippen LogP contribution >= 0.6 is 11.8 Å². The average Bonchev–Trinajstić information content (AvgIpc) is 2.99. The smallest absolute Gasteiger partial charge is 0.232 e. The van der Waals surface area contributed by atoms with E-state index in [1.54, 1.807) is 13.3 Å². The molecule has 3 aromatic rings. The maximum Gasteiger partial charge on any atom is 0.232 e. The first-order valence-corrected chi connectivity index (χ1v) is 8.59. The molecule has 0 aliphatic carbocycles. The van der Waals surface area contributed by atoms with Gasteiger partial charge < -0.3 is 9.15 Å². The van der Waals surface area contributed by atoms with E-state index in [4.69, 9.17) is 9.15 Å². The van der Waals surface area contributed by atoms with Gasteiger partial charge in [0.05, 0.1) is 12.7 Å². The monoisotopic (exact) mass is 314 g/mol. The van der Waals surface area contributed by atoms with E-state index >= 15 is 0 Å². The first-order valence-electron chi connectivity index (χ1n) is 7.19. The number of pyridine rings is 1. The fourth-order valence-corrected chi connectivity index (χ4v) is 2.82. The zero-order chi connectivity index (χ0) is 15.4. The highest BCUT2D eigenvalue weighted by Gasteiger charge is 2.14. The highest BCUT2D eigenvalue weighted by atomic mass is 32.2. The lowest BCUT2D eigenvalue weighted by atomic mass is 10.1. The Bertz CT molecular complexity index is 737. The normalized spacial score (nSPS) is 11.0. The topological polar surface area (TPSA) is 48.2 Å². The molecule has 0 unspecified atom stereocenters. The molecule has 0 N–H and O–H groups in total. The average molecular weight is 314 g/mol. The lowest BCUT2D eigenvalue weighted by Crippen LogP contribution is -1.93. The molecule has 0 spiro atoms. The van der Waals surface area contributed by atoms with Crippen LogP contribution in [-0.4, -0.2) is 29.1 Å². The SMILES string of the molecule is COc1ccc(CCCSC)cc1-c1nc2ncccc2o1. The van der Waals surface area contributed by atoms with E-state index < -0.39 is 0 Å². The fraction of sp³-hybridized carbons (Fsp3) is 0.294. The molecule has 4 nitrogen and oxygen atoms in total. The largest absolute Gasteiger partial charge is 0.496 e. The highest BCUT2D eigenvalue weighted by molar-refractivity contribution is 7.98. The van der Waals surface area contributed by atoms with Gasteiger partial charge in [-0.15, -0.1) is 0 Å². The lowest BCUT2D eigenvalue weighted by Gasteiger charge is -2.08. The molecule has 0 radical (unpaired) electrons. The Morgan fingerprint density at radius 2 is 2.18 bits per heavy atom. The number of aromatic nitrogens is 2. The van der Waals surface area contributed by atoms with Crippen molar-refractivity contribution in [2.75, 3.05) is 19.1 Å². The maximum absolute atomic E-state index is 5.82. The van der Waals surface area contributed by atoms with E-state index in [2.05, 4.69) is 28.4 Å². The van der Waals surface area contributed by atoms with Crippen molar-refractivity contribution in [1.29, 1.82) is 0 Å². The van der Waals surface area contributed by atoms with Gasteiger partial charge in [-0.1, -0.05) is 6.07 Å². The summed E-state index contributed by atoms with van der Waals surface area (Å²) in [5.74, 6) is 2.48. The molecular weight excluding hydrogens is 296 g/mol. The van der Waals surface area contributed by atoms with Gasteiger partial charge in [0.15, 0.2) is 11.2 Å². The number of aryl methyl sites for hydroxylation is 1. The minimum atomic E-state index is 0.553. The summed E-state index contributed by atoms with van der Waals surface area (Å²) in [7, 11) is 1.66. The van der Waals surface area contributed by atoms with Gasteiger partial charge in [0.25, 0.3) is 0 Å². The Morgan fingerprint density at radius 3 is 2.95 bits per heavy atom. The quantitative estimate of drug-likeness (QED) is 0.638. The van der Waals surface area contributed by atoms with Crippen molar-refractivity contribution >= 4 is 23.0 Å². The number of ether oxygens (including phenoxy) is 1. The summed E-state index contributed by atoms with van der Waals surface area (Å²) in [6.45, 7) is 0. The molecule has 0 bridgehead atoms. The molecule has 114 valence electrons. The minimum Gasteiger partial charge on any atom is -0.496 e. The Morgan fingerprint density at radius 1 is 1.27 bits per heavy atom. The molecule has 0 atom stereocenters. The van der Waals surface area contributed by atoms with Gasteiger partial charge in [-0.3, -0.25) is 0 Å². The summed E-state index contributed by atoms with van der Waals surface area (Å²) in [6.07, 6.45) is 6.04. The van der Waals surface area contributed by atoms with Crippen LogP contribution in [0.4, 0.5) is 0 Å². The maximum atomic E-state index is 5.82. The number of methoxy groups -OCH3 is 1. The summed E-state index contributed by atoms with van der Waals surface area (Å²) >= 11 is 1.87. The van der Waals surface area contributed by atoms with Gasteiger partial charge in [-0.25, -0.2) is 4.98 Å². The van der Waals surface area contributed by atoms with Crippen LogP contribution in [0.25, 0.3) is 22.7 Å². The minimum absolute atomic E-state index is 0.553. The first kappa shape index (κ1) is 14.9. The Balaban J connectivity index is 1.97. The van der Waals surface area contributed by atoms with E-state index in [-0.39, 0.29) is 0 Å². The Labute approximate surface area is 133 Å². The zero-order valence-corrected chi connectivity index (χ0v) is 13.5. The van der Waals surface area contributed by atoms with Crippen LogP contribution in [-0.2, 0) is 6.42 Å². The molecule has 0 amide bonds.